The molecule has 3 aliphatic heterocycles. The summed E-state index contributed by atoms with van der Waals surface area (Å²) in [5.74, 6) is -2.44. The number of hydrogen-bond donors (Lipinski definition) is 0. The second-order valence-corrected chi connectivity index (χ2v) is 9.98. The standard InChI is InChI=1S/C27H20ClN3O5/c1-26-20(32)12-27(36-26,10-11-35-21-9-7-16(28)14-30-21)23-22(26)24(33)31(25(23)34)19-8-6-15(13-29)17-4-2-3-5-18(17)19/h2-9,14,22-23H,10-12H2,1H3. The summed E-state index contributed by atoms with van der Waals surface area (Å²) < 4.78 is 12.0. The summed E-state index contributed by atoms with van der Waals surface area (Å²) in [6, 6.07) is 15.8. The molecule has 0 radical (unpaired) electrons. The number of ketones is 1. The van der Waals surface area contributed by atoms with Crippen molar-refractivity contribution in [2.45, 2.75) is 31.0 Å². The van der Waals surface area contributed by atoms with E-state index >= 15 is 0 Å². The topological polar surface area (TPSA) is 110 Å². The van der Waals surface area contributed by atoms with Gasteiger partial charge in [-0.25, -0.2) is 9.88 Å². The predicted molar refractivity (Wildman–Crippen MR) is 129 cm³/mol. The van der Waals surface area contributed by atoms with Crippen LogP contribution in [0.1, 0.15) is 25.3 Å². The molecular weight excluding hydrogens is 482 g/mol. The number of nitrogens with zero attached hydrogens (tertiary/aromatic N) is 3. The van der Waals surface area contributed by atoms with Crippen LogP contribution >= 0.6 is 11.6 Å². The van der Waals surface area contributed by atoms with Crippen molar-refractivity contribution in [3.8, 4) is 11.9 Å². The summed E-state index contributed by atoms with van der Waals surface area (Å²) >= 11 is 5.87. The lowest BCUT2D eigenvalue weighted by molar-refractivity contribution is -0.140. The van der Waals surface area contributed by atoms with E-state index < -0.39 is 34.9 Å². The Balaban J connectivity index is 1.36. The Kier molecular flexibility index (Phi) is 4.94. The zero-order valence-electron chi connectivity index (χ0n) is 19.2. The molecule has 0 spiro atoms. The van der Waals surface area contributed by atoms with Crippen molar-refractivity contribution in [3.05, 3.63) is 65.3 Å². The lowest BCUT2D eigenvalue weighted by atomic mass is 9.66. The molecule has 3 saturated heterocycles. The average Bonchev–Trinajstić information content (AvgIpc) is 3.41. The van der Waals surface area contributed by atoms with Crippen LogP contribution in [0.4, 0.5) is 5.69 Å². The Labute approximate surface area is 211 Å². The maximum Gasteiger partial charge on any atom is 0.241 e. The molecule has 2 aromatic carbocycles. The minimum Gasteiger partial charge on any atom is -0.478 e. The van der Waals surface area contributed by atoms with Gasteiger partial charge in [0, 0.05) is 35.9 Å². The molecule has 3 aromatic rings. The highest BCUT2D eigenvalue weighted by Gasteiger charge is 2.77. The summed E-state index contributed by atoms with van der Waals surface area (Å²) in [6.07, 6.45) is 1.73. The van der Waals surface area contributed by atoms with Crippen molar-refractivity contribution in [1.29, 1.82) is 5.26 Å². The summed E-state index contributed by atoms with van der Waals surface area (Å²) in [5.41, 5.74) is -1.68. The first-order valence-electron chi connectivity index (χ1n) is 11.6. The zero-order chi connectivity index (χ0) is 25.2. The third-order valence-corrected chi connectivity index (χ3v) is 7.86. The van der Waals surface area contributed by atoms with E-state index in [0.29, 0.717) is 32.9 Å². The van der Waals surface area contributed by atoms with Crippen molar-refractivity contribution in [1.82, 2.24) is 4.98 Å². The number of hydrogen-bond acceptors (Lipinski definition) is 7. The fraction of sp³-hybridized carbons (Fsp3) is 0.296. The van der Waals surface area contributed by atoms with Crippen LogP contribution in [0.25, 0.3) is 10.8 Å². The van der Waals surface area contributed by atoms with Gasteiger partial charge >= 0.3 is 0 Å². The van der Waals surface area contributed by atoms with Gasteiger partial charge in [0.15, 0.2) is 5.78 Å². The first-order valence-corrected chi connectivity index (χ1v) is 11.9. The predicted octanol–water partition coefficient (Wildman–Crippen LogP) is 3.84. The van der Waals surface area contributed by atoms with Gasteiger partial charge in [0.1, 0.15) is 5.60 Å². The summed E-state index contributed by atoms with van der Waals surface area (Å²) in [6.45, 7) is 1.75. The molecule has 9 heteroatoms. The summed E-state index contributed by atoms with van der Waals surface area (Å²) in [4.78, 5) is 46.0. The molecule has 6 rings (SSSR count). The molecular formula is C27H20ClN3O5. The molecule has 36 heavy (non-hydrogen) atoms. The molecule has 0 aliphatic carbocycles. The molecule has 0 N–H and O–H groups in total. The largest absolute Gasteiger partial charge is 0.478 e. The fourth-order valence-electron chi connectivity index (χ4n) is 6.01. The molecule has 1 aromatic heterocycles. The minimum atomic E-state index is -1.38. The molecule has 4 unspecified atom stereocenters. The van der Waals surface area contributed by atoms with Gasteiger partial charge in [0.2, 0.25) is 17.7 Å². The number of nitriles is 1. The van der Waals surface area contributed by atoms with Crippen molar-refractivity contribution in [2.24, 2.45) is 11.8 Å². The number of imide groups is 1. The van der Waals surface area contributed by atoms with E-state index in [1.165, 1.54) is 11.1 Å². The van der Waals surface area contributed by atoms with Crippen molar-refractivity contribution < 1.29 is 23.9 Å². The van der Waals surface area contributed by atoms with E-state index in [1.807, 2.05) is 0 Å². The van der Waals surface area contributed by atoms with Crippen LogP contribution in [0.3, 0.4) is 0 Å². The lowest BCUT2D eigenvalue weighted by Crippen LogP contribution is -2.47. The van der Waals surface area contributed by atoms with E-state index in [1.54, 1.807) is 55.5 Å². The molecule has 8 nitrogen and oxygen atoms in total. The summed E-state index contributed by atoms with van der Waals surface area (Å²) in [5, 5.41) is 11.3. The third-order valence-electron chi connectivity index (χ3n) is 7.63. The van der Waals surface area contributed by atoms with Gasteiger partial charge in [0.25, 0.3) is 0 Å². The molecule has 3 aliphatic rings. The van der Waals surface area contributed by atoms with Gasteiger partial charge in [-0.05, 0) is 25.1 Å². The number of fused-ring (bicyclic) bond motifs is 6. The van der Waals surface area contributed by atoms with Crippen molar-refractivity contribution in [2.75, 3.05) is 11.5 Å². The summed E-state index contributed by atoms with van der Waals surface area (Å²) in [7, 11) is 0. The Bertz CT molecular complexity index is 1500. The van der Waals surface area contributed by atoms with Gasteiger partial charge in [-0.1, -0.05) is 35.9 Å². The number of pyridine rings is 1. The van der Waals surface area contributed by atoms with E-state index in [9.17, 15) is 19.6 Å². The van der Waals surface area contributed by atoms with Crippen molar-refractivity contribution >= 4 is 45.7 Å². The minimum absolute atomic E-state index is 0.0308. The number of ether oxygens (including phenoxy) is 2. The van der Waals surface area contributed by atoms with Gasteiger partial charge in [-0.2, -0.15) is 5.26 Å². The maximum absolute atomic E-state index is 13.9. The van der Waals surface area contributed by atoms with Crippen LogP contribution in [0.15, 0.2) is 54.7 Å². The highest BCUT2D eigenvalue weighted by atomic mass is 35.5. The fourth-order valence-corrected chi connectivity index (χ4v) is 6.12. The van der Waals surface area contributed by atoms with Crippen molar-refractivity contribution in [3.63, 3.8) is 0 Å². The van der Waals surface area contributed by atoms with Crippen LogP contribution in [-0.4, -0.2) is 40.4 Å². The van der Waals surface area contributed by atoms with E-state index in [0.717, 1.165) is 0 Å². The van der Waals surface area contributed by atoms with Crippen LogP contribution in [0, 0.1) is 23.2 Å². The molecule has 4 heterocycles. The average molecular weight is 502 g/mol. The van der Waals surface area contributed by atoms with Gasteiger partial charge in [-0.15, -0.1) is 0 Å². The first kappa shape index (κ1) is 22.7. The van der Waals surface area contributed by atoms with Gasteiger partial charge in [-0.3, -0.25) is 14.4 Å². The Hall–Kier alpha value is -3.80. The number of carbonyl (C=O) groups is 3. The second-order valence-electron chi connectivity index (χ2n) is 9.54. The quantitative estimate of drug-likeness (QED) is 0.488. The van der Waals surface area contributed by atoms with Crippen LogP contribution in [-0.2, 0) is 19.1 Å². The maximum atomic E-state index is 13.9. The monoisotopic (exact) mass is 501 g/mol. The van der Waals surface area contributed by atoms with Gasteiger partial charge < -0.3 is 9.47 Å². The first-order chi connectivity index (χ1) is 17.3. The molecule has 3 fully saturated rings. The van der Waals surface area contributed by atoms with E-state index in [2.05, 4.69) is 11.1 Å². The Morgan fingerprint density at radius 3 is 2.58 bits per heavy atom. The molecule has 2 amide bonds. The number of halogens is 1. The number of anilines is 1. The molecule has 2 bridgehead atoms. The van der Waals surface area contributed by atoms with Gasteiger partial charge in [0.05, 0.1) is 46.4 Å². The normalized spacial score (nSPS) is 28.6. The second kappa shape index (κ2) is 7.85. The van der Waals surface area contributed by atoms with E-state index in [4.69, 9.17) is 21.1 Å². The van der Waals surface area contributed by atoms with Crippen LogP contribution in [0.2, 0.25) is 5.02 Å². The lowest BCUT2D eigenvalue weighted by Gasteiger charge is -2.30. The highest BCUT2D eigenvalue weighted by molar-refractivity contribution is 6.30. The van der Waals surface area contributed by atoms with E-state index in [-0.39, 0.29) is 25.2 Å². The third kappa shape index (κ3) is 3.03. The SMILES string of the molecule is CC12OC(CCOc3ccc(Cl)cn3)(CC1=O)C1C(=O)N(c3ccc(C#N)c4ccccc34)C(=O)C12. The molecule has 0 saturated carbocycles. The molecule has 180 valence electrons. The highest BCUT2D eigenvalue weighted by Crippen LogP contribution is 2.61. The number of Topliss-reactive ketones (excluding diaryl/α,β-unsaturated/α-hetero) is 1. The van der Waals surface area contributed by atoms with Crippen LogP contribution < -0.4 is 9.64 Å². The number of rotatable bonds is 5. The molecule has 4 atom stereocenters. The zero-order valence-corrected chi connectivity index (χ0v) is 20.0. The number of amides is 2. The Morgan fingerprint density at radius 1 is 1.11 bits per heavy atom. The number of aromatic nitrogens is 1. The number of benzene rings is 2. The smallest absolute Gasteiger partial charge is 0.241 e. The Morgan fingerprint density at radius 2 is 1.86 bits per heavy atom. The number of carbonyl (C=O) groups excluding carboxylic acids is 3. The van der Waals surface area contributed by atoms with Crippen LogP contribution in [0.5, 0.6) is 5.88 Å².